The SMILES string of the molecule is CCCCCC(C)n1c(SCC(=O)O)nnc1C1CC1. The van der Waals surface area contributed by atoms with Gasteiger partial charge in [-0.25, -0.2) is 0 Å². The standard InChI is InChI=1S/C14H23N3O2S/c1-3-4-5-6-10(2)17-13(11-7-8-11)15-16-14(17)20-9-12(18)19/h10-11H,3-9H2,1-2H3,(H,18,19). The van der Waals surface area contributed by atoms with E-state index in [4.69, 9.17) is 5.11 Å². The van der Waals surface area contributed by atoms with Gasteiger partial charge in [-0.2, -0.15) is 0 Å². The summed E-state index contributed by atoms with van der Waals surface area (Å²) in [7, 11) is 0. The molecule has 0 aliphatic heterocycles. The van der Waals surface area contributed by atoms with Crippen molar-refractivity contribution in [2.75, 3.05) is 5.75 Å². The number of nitrogens with zero attached hydrogens (tertiary/aromatic N) is 3. The Morgan fingerprint density at radius 2 is 2.20 bits per heavy atom. The Morgan fingerprint density at radius 1 is 1.45 bits per heavy atom. The summed E-state index contributed by atoms with van der Waals surface area (Å²) in [6.45, 7) is 4.39. The van der Waals surface area contributed by atoms with Gasteiger partial charge < -0.3 is 9.67 Å². The van der Waals surface area contributed by atoms with E-state index in [1.807, 2.05) is 0 Å². The summed E-state index contributed by atoms with van der Waals surface area (Å²) in [6.07, 6.45) is 7.12. The molecule has 1 fully saturated rings. The maximum absolute atomic E-state index is 10.7. The van der Waals surface area contributed by atoms with Crippen molar-refractivity contribution in [1.82, 2.24) is 14.8 Å². The predicted octanol–water partition coefficient (Wildman–Crippen LogP) is 3.47. The van der Waals surface area contributed by atoms with Gasteiger partial charge in [-0.15, -0.1) is 10.2 Å². The lowest BCUT2D eigenvalue weighted by Crippen LogP contribution is -2.11. The van der Waals surface area contributed by atoms with Crippen LogP contribution >= 0.6 is 11.8 Å². The van der Waals surface area contributed by atoms with Crippen LogP contribution in [0.15, 0.2) is 5.16 Å². The quantitative estimate of drug-likeness (QED) is 0.558. The molecule has 2 rings (SSSR count). The maximum Gasteiger partial charge on any atom is 0.313 e. The number of carboxylic acid groups (broad SMARTS) is 1. The highest BCUT2D eigenvalue weighted by Gasteiger charge is 2.31. The topological polar surface area (TPSA) is 68.0 Å². The van der Waals surface area contributed by atoms with Crippen molar-refractivity contribution >= 4 is 17.7 Å². The van der Waals surface area contributed by atoms with Gasteiger partial charge in [0.1, 0.15) is 5.82 Å². The zero-order valence-corrected chi connectivity index (χ0v) is 13.0. The van der Waals surface area contributed by atoms with Gasteiger partial charge >= 0.3 is 5.97 Å². The average Bonchev–Trinajstić information content (AvgIpc) is 3.16. The van der Waals surface area contributed by atoms with Crippen molar-refractivity contribution in [3.8, 4) is 0 Å². The van der Waals surface area contributed by atoms with Crippen LogP contribution in [0.5, 0.6) is 0 Å². The van der Waals surface area contributed by atoms with Crippen LogP contribution in [0, 0.1) is 0 Å². The molecular weight excluding hydrogens is 274 g/mol. The number of aromatic nitrogens is 3. The van der Waals surface area contributed by atoms with Crippen LogP contribution in [-0.4, -0.2) is 31.6 Å². The minimum Gasteiger partial charge on any atom is -0.481 e. The molecule has 20 heavy (non-hydrogen) atoms. The molecule has 0 aromatic carbocycles. The number of hydrogen-bond acceptors (Lipinski definition) is 4. The fourth-order valence-electron chi connectivity index (χ4n) is 2.37. The third kappa shape index (κ3) is 3.98. The lowest BCUT2D eigenvalue weighted by atomic mass is 10.1. The molecular formula is C14H23N3O2S. The van der Waals surface area contributed by atoms with Crippen molar-refractivity contribution in [3.05, 3.63) is 5.82 Å². The molecule has 1 aromatic heterocycles. The van der Waals surface area contributed by atoms with E-state index in [0.717, 1.165) is 17.4 Å². The van der Waals surface area contributed by atoms with E-state index < -0.39 is 5.97 Å². The van der Waals surface area contributed by atoms with Gasteiger partial charge in [0.2, 0.25) is 0 Å². The first-order valence-corrected chi connectivity index (χ1v) is 8.41. The molecule has 1 N–H and O–H groups in total. The van der Waals surface area contributed by atoms with Gasteiger partial charge in [-0.05, 0) is 26.2 Å². The number of thioether (sulfide) groups is 1. The Bertz CT molecular complexity index is 457. The number of carbonyl (C=O) groups is 1. The molecule has 1 atom stereocenters. The third-order valence-corrected chi connectivity index (χ3v) is 4.55. The fourth-order valence-corrected chi connectivity index (χ4v) is 3.13. The van der Waals surface area contributed by atoms with Crippen LogP contribution in [0.3, 0.4) is 0 Å². The van der Waals surface area contributed by atoms with Crippen LogP contribution in [0.25, 0.3) is 0 Å². The summed E-state index contributed by atoms with van der Waals surface area (Å²) in [6, 6.07) is 0.350. The molecule has 1 aliphatic rings. The molecule has 1 aromatic rings. The smallest absolute Gasteiger partial charge is 0.313 e. The number of rotatable bonds is 9. The Hall–Kier alpha value is -1.04. The highest BCUT2D eigenvalue weighted by atomic mass is 32.2. The second-order valence-electron chi connectivity index (χ2n) is 5.51. The van der Waals surface area contributed by atoms with Crippen molar-refractivity contribution < 1.29 is 9.90 Å². The summed E-state index contributed by atoms with van der Waals surface area (Å²) in [5.74, 6) is 0.832. The van der Waals surface area contributed by atoms with Gasteiger partial charge in [0, 0.05) is 12.0 Å². The Balaban J connectivity index is 2.09. The maximum atomic E-state index is 10.7. The summed E-state index contributed by atoms with van der Waals surface area (Å²) < 4.78 is 2.18. The van der Waals surface area contributed by atoms with E-state index in [9.17, 15) is 4.79 Å². The Morgan fingerprint density at radius 3 is 2.80 bits per heavy atom. The molecule has 0 amide bonds. The van der Waals surface area contributed by atoms with E-state index in [-0.39, 0.29) is 5.75 Å². The third-order valence-electron chi connectivity index (χ3n) is 3.62. The lowest BCUT2D eigenvalue weighted by molar-refractivity contribution is -0.133. The number of carboxylic acids is 1. The van der Waals surface area contributed by atoms with Gasteiger partial charge in [0.05, 0.1) is 5.75 Å². The van der Waals surface area contributed by atoms with Crippen LogP contribution in [0.1, 0.15) is 70.2 Å². The Kier molecular flexibility index (Phi) is 5.46. The molecule has 1 heterocycles. The first kappa shape index (κ1) is 15.4. The Labute approximate surface area is 124 Å². The van der Waals surface area contributed by atoms with Gasteiger partial charge in [-0.3, -0.25) is 4.79 Å². The monoisotopic (exact) mass is 297 g/mol. The number of hydrogen-bond donors (Lipinski definition) is 1. The lowest BCUT2D eigenvalue weighted by Gasteiger charge is -2.17. The molecule has 0 bridgehead atoms. The van der Waals surface area contributed by atoms with Crippen LogP contribution in [-0.2, 0) is 4.79 Å². The first-order valence-electron chi connectivity index (χ1n) is 7.42. The molecule has 1 saturated carbocycles. The van der Waals surface area contributed by atoms with Gasteiger partial charge in [-0.1, -0.05) is 37.9 Å². The van der Waals surface area contributed by atoms with Crippen molar-refractivity contribution in [3.63, 3.8) is 0 Å². The molecule has 6 heteroatoms. The van der Waals surface area contributed by atoms with Crippen LogP contribution in [0.2, 0.25) is 0 Å². The zero-order chi connectivity index (χ0) is 14.5. The summed E-state index contributed by atoms with van der Waals surface area (Å²) in [5.41, 5.74) is 0. The van der Waals surface area contributed by atoms with Crippen LogP contribution < -0.4 is 0 Å². The number of aliphatic carboxylic acids is 1. The average molecular weight is 297 g/mol. The molecule has 0 saturated heterocycles. The van der Waals surface area contributed by atoms with Crippen molar-refractivity contribution in [1.29, 1.82) is 0 Å². The van der Waals surface area contributed by atoms with Crippen LogP contribution in [0.4, 0.5) is 0 Å². The molecule has 0 radical (unpaired) electrons. The molecule has 5 nitrogen and oxygen atoms in total. The van der Waals surface area contributed by atoms with E-state index in [1.54, 1.807) is 0 Å². The van der Waals surface area contributed by atoms with Crippen molar-refractivity contribution in [2.24, 2.45) is 0 Å². The normalized spacial score (nSPS) is 16.3. The first-order chi connectivity index (χ1) is 9.63. The van der Waals surface area contributed by atoms with E-state index >= 15 is 0 Å². The summed E-state index contributed by atoms with van der Waals surface area (Å²) in [4.78, 5) is 10.7. The largest absolute Gasteiger partial charge is 0.481 e. The highest BCUT2D eigenvalue weighted by Crippen LogP contribution is 2.41. The minimum absolute atomic E-state index is 0.0461. The second-order valence-corrected chi connectivity index (χ2v) is 6.45. The van der Waals surface area contributed by atoms with E-state index in [2.05, 4.69) is 28.6 Å². The summed E-state index contributed by atoms with van der Waals surface area (Å²) >= 11 is 1.28. The van der Waals surface area contributed by atoms with Gasteiger partial charge in [0.25, 0.3) is 0 Å². The molecule has 112 valence electrons. The second kappa shape index (κ2) is 7.11. The van der Waals surface area contributed by atoms with E-state index in [0.29, 0.717) is 12.0 Å². The molecule has 1 aliphatic carbocycles. The zero-order valence-electron chi connectivity index (χ0n) is 12.2. The van der Waals surface area contributed by atoms with E-state index in [1.165, 1.54) is 43.9 Å². The predicted molar refractivity (Wildman–Crippen MR) is 79.2 cm³/mol. The summed E-state index contributed by atoms with van der Waals surface area (Å²) in [5, 5.41) is 18.1. The number of unbranched alkanes of at least 4 members (excludes halogenated alkanes) is 2. The highest BCUT2D eigenvalue weighted by molar-refractivity contribution is 7.99. The minimum atomic E-state index is -0.809. The van der Waals surface area contributed by atoms with Crippen molar-refractivity contribution in [2.45, 2.75) is 69.5 Å². The van der Waals surface area contributed by atoms with Gasteiger partial charge in [0.15, 0.2) is 5.16 Å². The fraction of sp³-hybridized carbons (Fsp3) is 0.786. The molecule has 0 spiro atoms. The molecule has 1 unspecified atom stereocenters.